The molecule has 2 rings (SSSR count). The number of carbonyl (C=O) groups is 2. The highest BCUT2D eigenvalue weighted by molar-refractivity contribution is 6.39. The Balaban J connectivity index is 1.87. The Morgan fingerprint density at radius 2 is 1.60 bits per heavy atom. The molecule has 0 radical (unpaired) electrons. The van der Waals surface area contributed by atoms with Crippen molar-refractivity contribution in [2.45, 2.75) is 0 Å². The van der Waals surface area contributed by atoms with Gasteiger partial charge in [-0.25, -0.2) is 4.98 Å². The highest BCUT2D eigenvalue weighted by atomic mass is 35.5. The first kappa shape index (κ1) is 19.5. The molecule has 2 aromatic rings. The average molecular weight is 402 g/mol. The lowest BCUT2D eigenvalue weighted by Gasteiger charge is -2.17. The summed E-state index contributed by atoms with van der Waals surface area (Å²) in [5.74, 6) is -0.661. The Morgan fingerprint density at radius 1 is 1.00 bits per heavy atom. The molecule has 9 heteroatoms. The summed E-state index contributed by atoms with van der Waals surface area (Å²) in [5.41, 5.74) is 0.755. The monoisotopic (exact) mass is 400 g/mol. The fourth-order valence-corrected chi connectivity index (χ4v) is 2.67. The van der Waals surface area contributed by atoms with Crippen LogP contribution in [0, 0.1) is 0 Å². The number of para-hydroxylation sites is 1. The van der Waals surface area contributed by atoms with Crippen molar-refractivity contribution >= 4 is 58.0 Å². The van der Waals surface area contributed by atoms with E-state index in [0.29, 0.717) is 21.4 Å². The fourth-order valence-electron chi connectivity index (χ4n) is 2.01. The zero-order chi connectivity index (χ0) is 18.4. The molecule has 0 aliphatic carbocycles. The number of amides is 2. The van der Waals surface area contributed by atoms with E-state index in [-0.39, 0.29) is 30.1 Å². The molecule has 1 heterocycles. The zero-order valence-corrected chi connectivity index (χ0v) is 15.5. The molecule has 0 saturated heterocycles. The number of pyridine rings is 1. The number of benzene rings is 1. The minimum atomic E-state index is -0.343. The Kier molecular flexibility index (Phi) is 7.01. The Morgan fingerprint density at radius 3 is 2.20 bits per heavy atom. The number of nitrogens with zero attached hydrogens (tertiary/aromatic N) is 2. The van der Waals surface area contributed by atoms with Crippen LogP contribution in [0.3, 0.4) is 0 Å². The molecular formula is C16H15Cl3N4O2. The van der Waals surface area contributed by atoms with Crippen LogP contribution < -0.4 is 10.6 Å². The van der Waals surface area contributed by atoms with Crippen molar-refractivity contribution in [1.29, 1.82) is 0 Å². The molecule has 0 saturated carbocycles. The van der Waals surface area contributed by atoms with Crippen molar-refractivity contribution in [2.24, 2.45) is 0 Å². The number of rotatable bonds is 6. The van der Waals surface area contributed by atoms with E-state index in [0.717, 1.165) is 0 Å². The largest absolute Gasteiger partial charge is 0.322 e. The SMILES string of the molecule is CN(CC(=O)Nc1cccnc1Cl)CC(=O)Nc1c(Cl)cccc1Cl. The molecule has 0 aliphatic heterocycles. The summed E-state index contributed by atoms with van der Waals surface area (Å²) in [5, 5.41) is 6.15. The number of likely N-dealkylation sites (N-methyl/N-ethyl adjacent to an activating group) is 1. The molecule has 0 unspecified atom stereocenters. The summed E-state index contributed by atoms with van der Waals surface area (Å²) < 4.78 is 0. The quantitative estimate of drug-likeness (QED) is 0.726. The van der Waals surface area contributed by atoms with Crippen molar-refractivity contribution in [3.8, 4) is 0 Å². The molecular weight excluding hydrogens is 387 g/mol. The number of hydrogen-bond acceptors (Lipinski definition) is 4. The lowest BCUT2D eigenvalue weighted by molar-refractivity contribution is -0.119. The van der Waals surface area contributed by atoms with Gasteiger partial charge in [0.2, 0.25) is 11.8 Å². The van der Waals surface area contributed by atoms with Gasteiger partial charge in [-0.3, -0.25) is 14.5 Å². The van der Waals surface area contributed by atoms with E-state index in [2.05, 4.69) is 15.6 Å². The molecule has 0 spiro atoms. The van der Waals surface area contributed by atoms with Crippen LogP contribution >= 0.6 is 34.8 Å². The maximum atomic E-state index is 12.1. The van der Waals surface area contributed by atoms with E-state index < -0.39 is 0 Å². The molecule has 0 fully saturated rings. The van der Waals surface area contributed by atoms with Crippen LogP contribution in [0.15, 0.2) is 36.5 Å². The molecule has 6 nitrogen and oxygen atoms in total. The van der Waals surface area contributed by atoms with Gasteiger partial charge in [-0.05, 0) is 31.3 Å². The van der Waals surface area contributed by atoms with Crippen LogP contribution in [0.25, 0.3) is 0 Å². The molecule has 0 aliphatic rings. The third-order valence-corrected chi connectivity index (χ3v) is 4.02. The summed E-state index contributed by atoms with van der Waals surface area (Å²) in [6.07, 6.45) is 1.52. The van der Waals surface area contributed by atoms with Crippen molar-refractivity contribution < 1.29 is 9.59 Å². The van der Waals surface area contributed by atoms with Crippen LogP contribution in [-0.2, 0) is 9.59 Å². The molecule has 0 bridgehead atoms. The molecule has 1 aromatic heterocycles. The van der Waals surface area contributed by atoms with Gasteiger partial charge in [0.15, 0.2) is 5.15 Å². The van der Waals surface area contributed by atoms with Gasteiger partial charge in [-0.1, -0.05) is 40.9 Å². The van der Waals surface area contributed by atoms with Gasteiger partial charge in [-0.15, -0.1) is 0 Å². The first-order chi connectivity index (χ1) is 11.9. The van der Waals surface area contributed by atoms with Gasteiger partial charge in [0.05, 0.1) is 34.5 Å². The second kappa shape index (κ2) is 9.01. The number of carbonyl (C=O) groups excluding carboxylic acids is 2. The Hall–Kier alpha value is -1.86. The van der Waals surface area contributed by atoms with E-state index in [1.54, 1.807) is 42.3 Å². The van der Waals surface area contributed by atoms with Crippen molar-refractivity contribution in [2.75, 3.05) is 30.8 Å². The molecule has 25 heavy (non-hydrogen) atoms. The smallest absolute Gasteiger partial charge is 0.238 e. The predicted molar refractivity (Wildman–Crippen MR) is 100 cm³/mol. The van der Waals surface area contributed by atoms with E-state index in [9.17, 15) is 9.59 Å². The maximum Gasteiger partial charge on any atom is 0.238 e. The second-order valence-electron chi connectivity index (χ2n) is 5.21. The maximum absolute atomic E-state index is 12.1. The standard InChI is InChI=1S/C16H15Cl3N4O2/c1-23(8-13(24)21-12-6-3-7-20-16(12)19)9-14(25)22-15-10(17)4-2-5-11(15)18/h2-7H,8-9H2,1H3,(H,21,24)(H,22,25). The topological polar surface area (TPSA) is 74.3 Å². The number of hydrogen-bond donors (Lipinski definition) is 2. The van der Waals surface area contributed by atoms with Crippen LogP contribution in [0.4, 0.5) is 11.4 Å². The number of aromatic nitrogens is 1. The molecule has 1 aromatic carbocycles. The van der Waals surface area contributed by atoms with E-state index in [4.69, 9.17) is 34.8 Å². The summed E-state index contributed by atoms with van der Waals surface area (Å²) in [6.45, 7) is -0.0232. The fraction of sp³-hybridized carbons (Fsp3) is 0.188. The van der Waals surface area contributed by atoms with Crippen molar-refractivity contribution in [1.82, 2.24) is 9.88 Å². The van der Waals surface area contributed by atoms with Gasteiger partial charge < -0.3 is 10.6 Å². The number of nitrogens with one attached hydrogen (secondary N) is 2. The van der Waals surface area contributed by atoms with Crippen LogP contribution in [-0.4, -0.2) is 41.8 Å². The van der Waals surface area contributed by atoms with Gasteiger partial charge in [0, 0.05) is 6.20 Å². The van der Waals surface area contributed by atoms with Gasteiger partial charge in [-0.2, -0.15) is 0 Å². The van der Waals surface area contributed by atoms with Crippen molar-refractivity contribution in [3.05, 3.63) is 51.7 Å². The lowest BCUT2D eigenvalue weighted by atomic mass is 10.3. The number of halogens is 3. The first-order valence-electron chi connectivity index (χ1n) is 7.19. The predicted octanol–water partition coefficient (Wildman–Crippen LogP) is 3.55. The van der Waals surface area contributed by atoms with E-state index in [1.165, 1.54) is 6.20 Å². The summed E-state index contributed by atoms with van der Waals surface area (Å²) in [6, 6.07) is 8.22. The molecule has 2 N–H and O–H groups in total. The Labute approximate surface area is 160 Å². The van der Waals surface area contributed by atoms with Gasteiger partial charge in [0.25, 0.3) is 0 Å². The van der Waals surface area contributed by atoms with E-state index in [1.807, 2.05) is 0 Å². The van der Waals surface area contributed by atoms with Crippen LogP contribution in [0.1, 0.15) is 0 Å². The lowest BCUT2D eigenvalue weighted by Crippen LogP contribution is -2.36. The molecule has 0 atom stereocenters. The normalized spacial score (nSPS) is 10.6. The average Bonchev–Trinajstić information content (AvgIpc) is 2.53. The van der Waals surface area contributed by atoms with Crippen LogP contribution in [0.2, 0.25) is 15.2 Å². The highest BCUT2D eigenvalue weighted by Gasteiger charge is 2.14. The molecule has 2 amide bonds. The third-order valence-electron chi connectivity index (χ3n) is 3.09. The van der Waals surface area contributed by atoms with Gasteiger partial charge in [0.1, 0.15) is 0 Å². The Bertz CT molecular complexity index is 765. The third kappa shape index (κ3) is 5.86. The number of anilines is 2. The summed E-state index contributed by atoms with van der Waals surface area (Å²) in [7, 11) is 1.64. The highest BCUT2D eigenvalue weighted by Crippen LogP contribution is 2.29. The van der Waals surface area contributed by atoms with Crippen LogP contribution in [0.5, 0.6) is 0 Å². The minimum absolute atomic E-state index is 0.00506. The van der Waals surface area contributed by atoms with E-state index >= 15 is 0 Å². The zero-order valence-electron chi connectivity index (χ0n) is 13.2. The van der Waals surface area contributed by atoms with Gasteiger partial charge >= 0.3 is 0 Å². The summed E-state index contributed by atoms with van der Waals surface area (Å²) in [4.78, 5) is 29.5. The minimum Gasteiger partial charge on any atom is -0.322 e. The molecule has 132 valence electrons. The first-order valence-corrected chi connectivity index (χ1v) is 8.33. The summed E-state index contributed by atoms with van der Waals surface area (Å²) >= 11 is 17.9. The second-order valence-corrected chi connectivity index (χ2v) is 6.38. The van der Waals surface area contributed by atoms with Crippen molar-refractivity contribution in [3.63, 3.8) is 0 Å².